The lowest BCUT2D eigenvalue weighted by molar-refractivity contribution is 0.112. The van der Waals surface area contributed by atoms with Crippen LogP contribution in [0.1, 0.15) is 37.2 Å². The van der Waals surface area contributed by atoms with Gasteiger partial charge in [0.05, 0.1) is 13.2 Å². The van der Waals surface area contributed by atoms with Gasteiger partial charge >= 0.3 is 0 Å². The maximum absolute atomic E-state index is 5.67. The lowest BCUT2D eigenvalue weighted by atomic mass is 9.98. The lowest BCUT2D eigenvalue weighted by Gasteiger charge is -2.11. The molecule has 0 aliphatic heterocycles. The molecular formula is C16H24O2S. The highest BCUT2D eigenvalue weighted by molar-refractivity contribution is 7.98. The van der Waals surface area contributed by atoms with Crippen molar-refractivity contribution >= 4 is 11.8 Å². The summed E-state index contributed by atoms with van der Waals surface area (Å²) in [6.07, 6.45) is 7.56. The highest BCUT2D eigenvalue weighted by atomic mass is 32.2. The van der Waals surface area contributed by atoms with Gasteiger partial charge in [-0.3, -0.25) is 0 Å². The first-order valence-corrected chi connectivity index (χ1v) is 8.59. The number of ether oxygens (including phenoxy) is 2. The van der Waals surface area contributed by atoms with E-state index in [-0.39, 0.29) is 0 Å². The molecule has 1 aliphatic rings. The van der Waals surface area contributed by atoms with Crippen LogP contribution in [0.4, 0.5) is 0 Å². The van der Waals surface area contributed by atoms with Crippen LogP contribution in [0.2, 0.25) is 0 Å². The molecule has 0 atom stereocenters. The van der Waals surface area contributed by atoms with Gasteiger partial charge in [0.1, 0.15) is 12.4 Å². The first-order valence-electron chi connectivity index (χ1n) is 7.19. The number of benzene rings is 1. The summed E-state index contributed by atoms with van der Waals surface area (Å²) in [7, 11) is 0. The summed E-state index contributed by atoms with van der Waals surface area (Å²) >= 11 is 1.80. The van der Waals surface area contributed by atoms with Gasteiger partial charge in [-0.1, -0.05) is 25.0 Å². The molecule has 1 aromatic carbocycles. The zero-order valence-electron chi connectivity index (χ0n) is 11.8. The third-order valence-electron chi connectivity index (χ3n) is 3.63. The van der Waals surface area contributed by atoms with Crippen molar-refractivity contribution in [2.45, 2.75) is 31.6 Å². The van der Waals surface area contributed by atoms with E-state index < -0.39 is 0 Å². The summed E-state index contributed by atoms with van der Waals surface area (Å²) in [5.74, 6) is 2.79. The quantitative estimate of drug-likeness (QED) is 0.668. The summed E-state index contributed by atoms with van der Waals surface area (Å²) in [4.78, 5) is 0. The summed E-state index contributed by atoms with van der Waals surface area (Å²) in [6, 6.07) is 8.63. The molecule has 0 aromatic heterocycles. The van der Waals surface area contributed by atoms with E-state index in [4.69, 9.17) is 9.47 Å². The van der Waals surface area contributed by atoms with Crippen LogP contribution in [-0.2, 0) is 4.74 Å². The third kappa shape index (κ3) is 5.07. The van der Waals surface area contributed by atoms with Crippen LogP contribution in [0.3, 0.4) is 0 Å². The summed E-state index contributed by atoms with van der Waals surface area (Å²) in [6.45, 7) is 2.12. The van der Waals surface area contributed by atoms with Gasteiger partial charge in [0.25, 0.3) is 0 Å². The van der Waals surface area contributed by atoms with Crippen molar-refractivity contribution in [2.24, 2.45) is 0 Å². The summed E-state index contributed by atoms with van der Waals surface area (Å²) in [5, 5.41) is 0. The van der Waals surface area contributed by atoms with E-state index in [0.717, 1.165) is 24.0 Å². The highest BCUT2D eigenvalue weighted by Gasteiger charge is 2.16. The van der Waals surface area contributed by atoms with Crippen LogP contribution >= 0.6 is 11.8 Å². The Hall–Kier alpha value is -0.670. The van der Waals surface area contributed by atoms with E-state index in [1.165, 1.54) is 31.2 Å². The molecule has 0 radical (unpaired) electrons. The Morgan fingerprint density at radius 2 is 1.79 bits per heavy atom. The molecule has 1 saturated carbocycles. The van der Waals surface area contributed by atoms with E-state index in [1.54, 1.807) is 11.8 Å². The minimum Gasteiger partial charge on any atom is -0.491 e. The fraction of sp³-hybridized carbons (Fsp3) is 0.625. The number of hydrogen-bond donors (Lipinski definition) is 0. The maximum Gasteiger partial charge on any atom is 0.119 e. The topological polar surface area (TPSA) is 18.5 Å². The zero-order chi connectivity index (χ0) is 13.3. The van der Waals surface area contributed by atoms with Gasteiger partial charge < -0.3 is 9.47 Å². The monoisotopic (exact) mass is 280 g/mol. The van der Waals surface area contributed by atoms with Gasteiger partial charge in [0.15, 0.2) is 0 Å². The summed E-state index contributed by atoms with van der Waals surface area (Å²) < 4.78 is 11.1. The molecule has 106 valence electrons. The van der Waals surface area contributed by atoms with Crippen molar-refractivity contribution in [2.75, 3.05) is 31.8 Å². The van der Waals surface area contributed by atoms with Crippen LogP contribution < -0.4 is 4.74 Å². The predicted octanol–water partition coefficient (Wildman–Crippen LogP) is 4.10. The van der Waals surface area contributed by atoms with Crippen LogP contribution in [-0.4, -0.2) is 31.8 Å². The molecule has 1 aliphatic carbocycles. The van der Waals surface area contributed by atoms with Crippen LogP contribution in [0.15, 0.2) is 24.3 Å². The molecule has 3 heteroatoms. The van der Waals surface area contributed by atoms with Crippen molar-refractivity contribution in [3.8, 4) is 5.75 Å². The molecule has 0 unspecified atom stereocenters. The van der Waals surface area contributed by atoms with Crippen LogP contribution in [0.25, 0.3) is 0 Å². The first kappa shape index (κ1) is 14.7. The average molecular weight is 280 g/mol. The van der Waals surface area contributed by atoms with E-state index in [0.29, 0.717) is 13.2 Å². The second kappa shape index (κ2) is 8.49. The second-order valence-corrected chi connectivity index (χ2v) is 5.99. The molecule has 0 N–H and O–H groups in total. The molecule has 2 rings (SSSR count). The average Bonchev–Trinajstić information content (AvgIpc) is 2.97. The van der Waals surface area contributed by atoms with Crippen molar-refractivity contribution in [1.29, 1.82) is 0 Å². The molecule has 1 fully saturated rings. The van der Waals surface area contributed by atoms with Crippen LogP contribution in [0.5, 0.6) is 5.75 Å². The van der Waals surface area contributed by atoms with E-state index >= 15 is 0 Å². The van der Waals surface area contributed by atoms with Gasteiger partial charge in [0, 0.05) is 5.75 Å². The Labute approximate surface area is 120 Å². The van der Waals surface area contributed by atoms with Crippen molar-refractivity contribution in [3.05, 3.63) is 29.8 Å². The lowest BCUT2D eigenvalue weighted by Crippen LogP contribution is -2.08. The predicted molar refractivity (Wildman–Crippen MR) is 82.3 cm³/mol. The SMILES string of the molecule is CSCCOCCOc1ccc(C2CCCC2)cc1. The zero-order valence-corrected chi connectivity index (χ0v) is 12.6. The largest absolute Gasteiger partial charge is 0.491 e. The molecule has 0 amide bonds. The molecule has 2 nitrogen and oxygen atoms in total. The summed E-state index contributed by atoms with van der Waals surface area (Å²) in [5.41, 5.74) is 1.47. The fourth-order valence-corrected chi connectivity index (χ4v) is 2.84. The molecule has 0 saturated heterocycles. The van der Waals surface area contributed by atoms with Gasteiger partial charge in [-0.15, -0.1) is 0 Å². The smallest absolute Gasteiger partial charge is 0.119 e. The number of hydrogen-bond acceptors (Lipinski definition) is 3. The number of thioether (sulfide) groups is 1. The normalized spacial score (nSPS) is 15.8. The van der Waals surface area contributed by atoms with Gasteiger partial charge in [-0.25, -0.2) is 0 Å². The third-order valence-corrected chi connectivity index (χ3v) is 4.21. The molecule has 0 bridgehead atoms. The number of rotatable bonds is 8. The molecule has 0 spiro atoms. The fourth-order valence-electron chi connectivity index (χ4n) is 2.56. The standard InChI is InChI=1S/C16H24O2S/c1-19-13-12-17-10-11-18-16-8-6-15(7-9-16)14-4-2-3-5-14/h6-9,14H,2-5,10-13H2,1H3. The Morgan fingerprint density at radius 3 is 2.47 bits per heavy atom. The van der Waals surface area contributed by atoms with E-state index in [9.17, 15) is 0 Å². The highest BCUT2D eigenvalue weighted by Crippen LogP contribution is 2.34. The molecule has 0 heterocycles. The van der Waals surface area contributed by atoms with Crippen molar-refractivity contribution < 1.29 is 9.47 Å². The minimum absolute atomic E-state index is 0.636. The van der Waals surface area contributed by atoms with E-state index in [2.05, 4.69) is 30.5 Å². The Balaban J connectivity index is 1.67. The van der Waals surface area contributed by atoms with Crippen LogP contribution in [0, 0.1) is 0 Å². The molecular weight excluding hydrogens is 256 g/mol. The second-order valence-electron chi connectivity index (χ2n) is 5.00. The Bertz CT molecular complexity index is 344. The van der Waals surface area contributed by atoms with Gasteiger partial charge in [0.2, 0.25) is 0 Å². The molecule has 1 aromatic rings. The van der Waals surface area contributed by atoms with E-state index in [1.807, 2.05) is 0 Å². The maximum atomic E-state index is 5.67. The minimum atomic E-state index is 0.636. The van der Waals surface area contributed by atoms with Gasteiger partial charge in [-0.05, 0) is 42.7 Å². The Morgan fingerprint density at radius 1 is 1.05 bits per heavy atom. The van der Waals surface area contributed by atoms with Crippen molar-refractivity contribution in [1.82, 2.24) is 0 Å². The van der Waals surface area contributed by atoms with Gasteiger partial charge in [-0.2, -0.15) is 11.8 Å². The Kier molecular flexibility index (Phi) is 6.58. The first-order chi connectivity index (χ1) is 9.40. The van der Waals surface area contributed by atoms with Crippen molar-refractivity contribution in [3.63, 3.8) is 0 Å². The molecule has 19 heavy (non-hydrogen) atoms.